The van der Waals surface area contributed by atoms with Crippen LogP contribution in [0.25, 0.3) is 0 Å². The maximum atomic E-state index is 13.5. The molecule has 0 fully saturated rings. The van der Waals surface area contributed by atoms with Crippen LogP contribution in [0.1, 0.15) is 12.6 Å². The summed E-state index contributed by atoms with van der Waals surface area (Å²) in [6, 6.07) is 7.68. The molecular formula is C16H19FN4O2. The lowest BCUT2D eigenvalue weighted by atomic mass is 10.3. The molecule has 0 radical (unpaired) electrons. The first-order valence-electron chi connectivity index (χ1n) is 7.15. The lowest BCUT2D eigenvalue weighted by Crippen LogP contribution is -2.36. The molecule has 1 heterocycles. The van der Waals surface area contributed by atoms with Gasteiger partial charge < -0.3 is 15.0 Å². The van der Waals surface area contributed by atoms with Crippen molar-refractivity contribution in [3.8, 4) is 5.75 Å². The van der Waals surface area contributed by atoms with Crippen molar-refractivity contribution in [1.82, 2.24) is 15.3 Å². The van der Waals surface area contributed by atoms with E-state index in [9.17, 15) is 9.18 Å². The summed E-state index contributed by atoms with van der Waals surface area (Å²) in [6.45, 7) is 1.81. The van der Waals surface area contributed by atoms with Crippen LogP contribution in [0.2, 0.25) is 0 Å². The van der Waals surface area contributed by atoms with Crippen LogP contribution < -0.4 is 15.0 Å². The molecule has 1 unspecified atom stereocenters. The zero-order valence-electron chi connectivity index (χ0n) is 13.3. The fraction of sp³-hybridized carbons (Fsp3) is 0.312. The van der Waals surface area contributed by atoms with Gasteiger partial charge in [-0.25, -0.2) is 14.4 Å². The van der Waals surface area contributed by atoms with Gasteiger partial charge in [0.1, 0.15) is 0 Å². The lowest BCUT2D eigenvalue weighted by Gasteiger charge is -2.15. The Morgan fingerprint density at radius 1 is 1.35 bits per heavy atom. The van der Waals surface area contributed by atoms with E-state index in [1.807, 2.05) is 14.1 Å². The average Bonchev–Trinajstić information content (AvgIpc) is 2.55. The summed E-state index contributed by atoms with van der Waals surface area (Å²) in [6.07, 6.45) is 0.811. The third-order valence-corrected chi connectivity index (χ3v) is 3.05. The SMILES string of the molecule is CC(Oc1ccccc1F)C(=O)NCc1ccnc(N(C)C)n1. The fourth-order valence-electron chi connectivity index (χ4n) is 1.80. The molecule has 0 spiro atoms. The highest BCUT2D eigenvalue weighted by molar-refractivity contribution is 5.80. The fourth-order valence-corrected chi connectivity index (χ4v) is 1.80. The van der Waals surface area contributed by atoms with Crippen LogP contribution in [0.15, 0.2) is 36.5 Å². The number of nitrogens with one attached hydrogen (secondary N) is 1. The van der Waals surface area contributed by atoms with Crippen molar-refractivity contribution >= 4 is 11.9 Å². The molecule has 1 aromatic heterocycles. The van der Waals surface area contributed by atoms with Crippen LogP contribution in [0, 0.1) is 5.82 Å². The van der Waals surface area contributed by atoms with Crippen molar-refractivity contribution in [1.29, 1.82) is 0 Å². The predicted octanol–water partition coefficient (Wildman–Crippen LogP) is 1.77. The van der Waals surface area contributed by atoms with E-state index < -0.39 is 11.9 Å². The van der Waals surface area contributed by atoms with Gasteiger partial charge >= 0.3 is 0 Å². The molecule has 2 rings (SSSR count). The number of halogens is 1. The molecule has 0 aliphatic heterocycles. The molecular weight excluding hydrogens is 299 g/mol. The van der Waals surface area contributed by atoms with Gasteiger partial charge in [-0.15, -0.1) is 0 Å². The van der Waals surface area contributed by atoms with Gasteiger partial charge in [-0.1, -0.05) is 12.1 Å². The number of para-hydroxylation sites is 1. The summed E-state index contributed by atoms with van der Waals surface area (Å²) in [5.74, 6) is -0.240. The van der Waals surface area contributed by atoms with Crippen molar-refractivity contribution in [2.45, 2.75) is 19.6 Å². The number of nitrogens with zero attached hydrogens (tertiary/aromatic N) is 3. The number of carbonyl (C=O) groups excluding carboxylic acids is 1. The minimum absolute atomic E-state index is 0.0482. The van der Waals surface area contributed by atoms with Crippen molar-refractivity contribution < 1.29 is 13.9 Å². The van der Waals surface area contributed by atoms with Gasteiger partial charge in [0.25, 0.3) is 5.91 Å². The zero-order valence-corrected chi connectivity index (χ0v) is 13.3. The Morgan fingerprint density at radius 2 is 2.09 bits per heavy atom. The normalized spacial score (nSPS) is 11.7. The second-order valence-electron chi connectivity index (χ2n) is 5.15. The number of hydrogen-bond acceptors (Lipinski definition) is 5. The predicted molar refractivity (Wildman–Crippen MR) is 84.7 cm³/mol. The number of benzene rings is 1. The maximum Gasteiger partial charge on any atom is 0.261 e. The Morgan fingerprint density at radius 3 is 2.78 bits per heavy atom. The molecule has 0 saturated carbocycles. The monoisotopic (exact) mass is 318 g/mol. The standard InChI is InChI=1S/C16H19FN4O2/c1-11(23-14-7-5-4-6-13(14)17)15(22)19-10-12-8-9-18-16(20-12)21(2)3/h4-9,11H,10H2,1-3H3,(H,19,22). The van der Waals surface area contributed by atoms with Crippen molar-refractivity contribution in [3.63, 3.8) is 0 Å². The highest BCUT2D eigenvalue weighted by Gasteiger charge is 2.16. The number of carbonyl (C=O) groups is 1. The first kappa shape index (κ1) is 16.7. The van der Waals surface area contributed by atoms with Crippen molar-refractivity contribution in [3.05, 3.63) is 48.0 Å². The van der Waals surface area contributed by atoms with Crippen LogP contribution in [-0.2, 0) is 11.3 Å². The Balaban J connectivity index is 1.91. The number of hydrogen-bond donors (Lipinski definition) is 1. The Bertz CT molecular complexity index is 679. The van der Waals surface area contributed by atoms with Crippen LogP contribution in [0.3, 0.4) is 0 Å². The van der Waals surface area contributed by atoms with E-state index in [0.29, 0.717) is 11.6 Å². The van der Waals surface area contributed by atoms with Gasteiger partial charge in [0.15, 0.2) is 17.7 Å². The molecule has 7 heteroatoms. The number of rotatable bonds is 6. The molecule has 6 nitrogen and oxygen atoms in total. The topological polar surface area (TPSA) is 67.3 Å². The van der Waals surface area contributed by atoms with Crippen molar-refractivity contribution in [2.75, 3.05) is 19.0 Å². The first-order chi connectivity index (χ1) is 11.0. The van der Waals surface area contributed by atoms with E-state index in [4.69, 9.17) is 4.74 Å². The quantitative estimate of drug-likeness (QED) is 0.879. The second kappa shape index (κ2) is 7.53. The smallest absolute Gasteiger partial charge is 0.261 e. The highest BCUT2D eigenvalue weighted by Crippen LogP contribution is 2.17. The molecule has 0 saturated heterocycles. The first-order valence-corrected chi connectivity index (χ1v) is 7.15. The number of anilines is 1. The van der Waals surface area contributed by atoms with Crippen LogP contribution in [0.4, 0.5) is 10.3 Å². The van der Waals surface area contributed by atoms with Crippen molar-refractivity contribution in [2.24, 2.45) is 0 Å². The second-order valence-corrected chi connectivity index (χ2v) is 5.15. The van der Waals surface area contributed by atoms with Crippen LogP contribution in [0.5, 0.6) is 5.75 Å². The summed E-state index contributed by atoms with van der Waals surface area (Å²) in [4.78, 5) is 22.2. The van der Waals surface area contributed by atoms with E-state index in [1.54, 1.807) is 36.2 Å². The zero-order chi connectivity index (χ0) is 16.8. The molecule has 2 aromatic rings. The van der Waals surface area contributed by atoms with Gasteiger partial charge in [0.05, 0.1) is 12.2 Å². The molecule has 1 N–H and O–H groups in total. The summed E-state index contributed by atoms with van der Waals surface area (Å²) in [5, 5.41) is 2.71. The lowest BCUT2D eigenvalue weighted by molar-refractivity contribution is -0.127. The Labute approximate surface area is 134 Å². The van der Waals surface area contributed by atoms with Crippen LogP contribution in [-0.4, -0.2) is 36.1 Å². The molecule has 1 atom stereocenters. The Hall–Kier alpha value is -2.70. The van der Waals surface area contributed by atoms with Crippen LogP contribution >= 0.6 is 0 Å². The number of aromatic nitrogens is 2. The number of ether oxygens (including phenoxy) is 1. The van der Waals surface area contributed by atoms with Gasteiger partial charge in [0, 0.05) is 20.3 Å². The largest absolute Gasteiger partial charge is 0.478 e. The maximum absolute atomic E-state index is 13.5. The summed E-state index contributed by atoms with van der Waals surface area (Å²) in [5.41, 5.74) is 0.676. The Kier molecular flexibility index (Phi) is 5.46. The highest BCUT2D eigenvalue weighted by atomic mass is 19.1. The average molecular weight is 318 g/mol. The molecule has 0 aliphatic carbocycles. The molecule has 122 valence electrons. The minimum atomic E-state index is -0.818. The minimum Gasteiger partial charge on any atom is -0.478 e. The molecule has 0 bridgehead atoms. The molecule has 0 aliphatic rings. The third-order valence-electron chi connectivity index (χ3n) is 3.05. The molecule has 1 amide bonds. The summed E-state index contributed by atoms with van der Waals surface area (Å²) >= 11 is 0. The van der Waals surface area contributed by atoms with Gasteiger partial charge in [-0.05, 0) is 25.1 Å². The van der Waals surface area contributed by atoms with Gasteiger partial charge in [-0.2, -0.15) is 0 Å². The van der Waals surface area contributed by atoms with E-state index in [1.165, 1.54) is 12.1 Å². The molecule has 23 heavy (non-hydrogen) atoms. The van der Waals surface area contributed by atoms with E-state index in [-0.39, 0.29) is 18.2 Å². The van der Waals surface area contributed by atoms with E-state index in [2.05, 4.69) is 15.3 Å². The van der Waals surface area contributed by atoms with E-state index >= 15 is 0 Å². The number of amides is 1. The molecule has 1 aromatic carbocycles. The van der Waals surface area contributed by atoms with Gasteiger partial charge in [-0.3, -0.25) is 4.79 Å². The summed E-state index contributed by atoms with van der Waals surface area (Å²) in [7, 11) is 3.67. The summed E-state index contributed by atoms with van der Waals surface area (Å²) < 4.78 is 18.8. The third kappa shape index (κ3) is 4.64. The van der Waals surface area contributed by atoms with Gasteiger partial charge in [0.2, 0.25) is 5.95 Å². The van der Waals surface area contributed by atoms with E-state index in [0.717, 1.165) is 0 Å².